The van der Waals surface area contributed by atoms with Gasteiger partial charge >= 0.3 is 12.2 Å². The molecule has 2 aromatic heterocycles. The minimum Gasteiger partial charge on any atom is -0.484 e. The summed E-state index contributed by atoms with van der Waals surface area (Å²) in [5, 5.41) is 0. The monoisotopic (exact) mass is 392 g/mol. The zero-order chi connectivity index (χ0) is 20.1. The van der Waals surface area contributed by atoms with Gasteiger partial charge in [0.15, 0.2) is 6.61 Å². The SMILES string of the molecule is CCOc1nc(-c2cncnc2)cc(=O)n1-c1ccc(OCC(F)(F)F)cc1. The summed E-state index contributed by atoms with van der Waals surface area (Å²) in [5.41, 5.74) is 0.830. The summed E-state index contributed by atoms with van der Waals surface area (Å²) in [4.78, 5) is 24.8. The Morgan fingerprint density at radius 3 is 2.36 bits per heavy atom. The Bertz CT molecular complexity index is 990. The van der Waals surface area contributed by atoms with E-state index in [2.05, 4.69) is 19.7 Å². The van der Waals surface area contributed by atoms with Crippen LogP contribution in [0.25, 0.3) is 16.9 Å². The molecule has 3 rings (SSSR count). The van der Waals surface area contributed by atoms with E-state index < -0.39 is 18.3 Å². The van der Waals surface area contributed by atoms with Gasteiger partial charge in [-0.1, -0.05) is 0 Å². The fourth-order valence-corrected chi connectivity index (χ4v) is 2.36. The molecule has 0 unspecified atom stereocenters. The Labute approximate surface area is 157 Å². The predicted octanol–water partition coefficient (Wildman–Crippen LogP) is 3.03. The first-order valence-corrected chi connectivity index (χ1v) is 8.19. The second-order valence-electron chi connectivity index (χ2n) is 5.56. The largest absolute Gasteiger partial charge is 0.484 e. The van der Waals surface area contributed by atoms with Crippen LogP contribution in [-0.2, 0) is 0 Å². The van der Waals surface area contributed by atoms with Gasteiger partial charge < -0.3 is 9.47 Å². The summed E-state index contributed by atoms with van der Waals surface area (Å²) in [6.07, 6.45) is -0.0432. The number of hydrogen-bond donors (Lipinski definition) is 0. The van der Waals surface area contributed by atoms with Crippen molar-refractivity contribution >= 4 is 0 Å². The third-order valence-corrected chi connectivity index (χ3v) is 3.52. The van der Waals surface area contributed by atoms with Crippen LogP contribution in [0.1, 0.15) is 6.92 Å². The summed E-state index contributed by atoms with van der Waals surface area (Å²) in [6.45, 7) is 0.600. The Morgan fingerprint density at radius 2 is 1.75 bits per heavy atom. The van der Waals surface area contributed by atoms with Crippen LogP contribution in [0, 0.1) is 0 Å². The van der Waals surface area contributed by atoms with E-state index in [0.29, 0.717) is 16.9 Å². The highest BCUT2D eigenvalue weighted by molar-refractivity contribution is 5.57. The lowest BCUT2D eigenvalue weighted by atomic mass is 10.2. The van der Waals surface area contributed by atoms with Crippen LogP contribution in [-0.4, -0.2) is 38.9 Å². The van der Waals surface area contributed by atoms with E-state index in [4.69, 9.17) is 4.74 Å². The van der Waals surface area contributed by atoms with Crippen molar-refractivity contribution in [2.45, 2.75) is 13.1 Å². The normalized spacial score (nSPS) is 11.3. The molecule has 0 amide bonds. The molecule has 146 valence electrons. The van der Waals surface area contributed by atoms with Gasteiger partial charge in [0.2, 0.25) is 0 Å². The first kappa shape index (κ1) is 19.3. The second-order valence-corrected chi connectivity index (χ2v) is 5.56. The summed E-state index contributed by atoms with van der Waals surface area (Å²) in [7, 11) is 0. The van der Waals surface area contributed by atoms with Gasteiger partial charge in [-0.3, -0.25) is 4.79 Å². The molecule has 0 aliphatic rings. The van der Waals surface area contributed by atoms with Crippen molar-refractivity contribution in [1.82, 2.24) is 19.5 Å². The molecular formula is C18H15F3N4O3. The molecule has 0 radical (unpaired) electrons. The Hall–Kier alpha value is -3.43. The minimum absolute atomic E-state index is 0.0260. The van der Waals surface area contributed by atoms with Crippen LogP contribution in [0.15, 0.2) is 53.8 Å². The van der Waals surface area contributed by atoms with Crippen LogP contribution in [0.5, 0.6) is 11.8 Å². The lowest BCUT2D eigenvalue weighted by Crippen LogP contribution is -2.22. The number of halogens is 3. The van der Waals surface area contributed by atoms with Crippen molar-refractivity contribution in [3.63, 3.8) is 0 Å². The number of rotatable bonds is 6. The molecule has 0 saturated heterocycles. The van der Waals surface area contributed by atoms with E-state index in [0.717, 1.165) is 0 Å². The molecule has 28 heavy (non-hydrogen) atoms. The van der Waals surface area contributed by atoms with Crippen molar-refractivity contribution in [3.8, 4) is 28.7 Å². The molecule has 0 saturated carbocycles. The quantitative estimate of drug-likeness (QED) is 0.642. The molecule has 3 aromatic rings. The molecule has 1 aromatic carbocycles. The van der Waals surface area contributed by atoms with Crippen molar-refractivity contribution in [2.24, 2.45) is 0 Å². The highest BCUT2D eigenvalue weighted by atomic mass is 19.4. The first-order chi connectivity index (χ1) is 13.4. The molecular weight excluding hydrogens is 377 g/mol. The first-order valence-electron chi connectivity index (χ1n) is 8.19. The van der Waals surface area contributed by atoms with Gasteiger partial charge in [-0.2, -0.15) is 18.2 Å². The maximum atomic E-state index is 12.7. The van der Waals surface area contributed by atoms with Crippen molar-refractivity contribution in [1.29, 1.82) is 0 Å². The molecule has 10 heteroatoms. The summed E-state index contributed by atoms with van der Waals surface area (Å²) < 4.78 is 48.1. The van der Waals surface area contributed by atoms with E-state index in [1.165, 1.54) is 53.6 Å². The van der Waals surface area contributed by atoms with E-state index in [1.54, 1.807) is 6.92 Å². The maximum Gasteiger partial charge on any atom is 0.422 e. The van der Waals surface area contributed by atoms with Crippen LogP contribution >= 0.6 is 0 Å². The fraction of sp³-hybridized carbons (Fsp3) is 0.222. The number of nitrogens with zero attached hydrogens (tertiary/aromatic N) is 4. The van der Waals surface area contributed by atoms with Crippen molar-refractivity contribution in [3.05, 3.63) is 59.4 Å². The fourth-order valence-electron chi connectivity index (χ4n) is 2.36. The standard InChI is InChI=1S/C18H15F3N4O3/c1-2-27-17-24-15(12-8-22-11-23-9-12)7-16(26)25(17)13-3-5-14(6-4-13)28-10-18(19,20)21/h3-9,11H,2,10H2,1H3. The molecule has 0 aliphatic heterocycles. The summed E-state index contributed by atoms with van der Waals surface area (Å²) >= 11 is 0. The third-order valence-electron chi connectivity index (χ3n) is 3.52. The van der Waals surface area contributed by atoms with E-state index in [9.17, 15) is 18.0 Å². The Morgan fingerprint density at radius 1 is 1.07 bits per heavy atom. The summed E-state index contributed by atoms with van der Waals surface area (Å²) in [6, 6.07) is 6.91. The van der Waals surface area contributed by atoms with Gasteiger partial charge in [0.1, 0.15) is 12.1 Å². The maximum absolute atomic E-state index is 12.7. The lowest BCUT2D eigenvalue weighted by molar-refractivity contribution is -0.153. The molecule has 0 aliphatic carbocycles. The zero-order valence-corrected chi connectivity index (χ0v) is 14.7. The van der Waals surface area contributed by atoms with Crippen LogP contribution in [0.3, 0.4) is 0 Å². The van der Waals surface area contributed by atoms with Crippen LogP contribution < -0.4 is 15.0 Å². The average molecular weight is 392 g/mol. The number of benzene rings is 1. The van der Waals surface area contributed by atoms with Gasteiger partial charge in [-0.05, 0) is 31.2 Å². The molecule has 0 spiro atoms. The van der Waals surface area contributed by atoms with Crippen LogP contribution in [0.2, 0.25) is 0 Å². The number of ether oxygens (including phenoxy) is 2. The zero-order valence-electron chi connectivity index (χ0n) is 14.7. The third kappa shape index (κ3) is 4.64. The minimum atomic E-state index is -4.43. The van der Waals surface area contributed by atoms with Crippen LogP contribution in [0.4, 0.5) is 13.2 Å². The van der Waals surface area contributed by atoms with Gasteiger partial charge in [-0.25, -0.2) is 14.5 Å². The van der Waals surface area contributed by atoms with Gasteiger partial charge in [0.05, 0.1) is 18.0 Å². The van der Waals surface area contributed by atoms with E-state index in [1.807, 2.05) is 0 Å². The topological polar surface area (TPSA) is 79.1 Å². The molecule has 0 N–H and O–H groups in total. The Balaban J connectivity index is 1.96. The van der Waals surface area contributed by atoms with Gasteiger partial charge in [0.25, 0.3) is 5.56 Å². The van der Waals surface area contributed by atoms with Gasteiger partial charge in [0, 0.05) is 24.0 Å². The number of aromatic nitrogens is 4. The van der Waals surface area contributed by atoms with E-state index >= 15 is 0 Å². The number of alkyl halides is 3. The van der Waals surface area contributed by atoms with Crippen molar-refractivity contribution < 1.29 is 22.6 Å². The molecule has 0 fully saturated rings. The lowest BCUT2D eigenvalue weighted by Gasteiger charge is -2.14. The molecule has 2 heterocycles. The average Bonchev–Trinajstić information content (AvgIpc) is 2.67. The molecule has 7 nitrogen and oxygen atoms in total. The number of hydrogen-bond acceptors (Lipinski definition) is 6. The second kappa shape index (κ2) is 8.07. The highest BCUT2D eigenvalue weighted by Crippen LogP contribution is 2.22. The predicted molar refractivity (Wildman–Crippen MR) is 93.6 cm³/mol. The highest BCUT2D eigenvalue weighted by Gasteiger charge is 2.28. The molecule has 0 atom stereocenters. The van der Waals surface area contributed by atoms with Crippen molar-refractivity contribution in [2.75, 3.05) is 13.2 Å². The summed E-state index contributed by atoms with van der Waals surface area (Å²) in [5.74, 6) is 0.0260. The Kier molecular flexibility index (Phi) is 5.57. The smallest absolute Gasteiger partial charge is 0.422 e. The van der Waals surface area contributed by atoms with E-state index in [-0.39, 0.29) is 18.4 Å². The molecule has 0 bridgehead atoms. The van der Waals surface area contributed by atoms with Gasteiger partial charge in [-0.15, -0.1) is 0 Å².